The molecule has 0 saturated carbocycles. The number of rotatable bonds is 0. The van der Waals surface area contributed by atoms with Crippen LogP contribution in [-0.2, 0) is 78.8 Å². The van der Waals surface area contributed by atoms with Gasteiger partial charge in [0.05, 0.1) is 0 Å². The van der Waals surface area contributed by atoms with Crippen molar-refractivity contribution in [3.63, 3.8) is 0 Å². The Morgan fingerprint density at radius 2 is 1.00 bits per heavy atom. The fourth-order valence-corrected chi connectivity index (χ4v) is 0. The van der Waals surface area contributed by atoms with Crippen LogP contribution in [0, 0.1) is 0 Å². The SMILES string of the molecule is [Cd].[Cr].[Cu].[Fe]. The molecule has 0 aliphatic rings. The zero-order valence-electron chi connectivity index (χ0n) is 1.77. The van der Waals surface area contributed by atoms with Crippen LogP contribution in [0.3, 0.4) is 0 Å². The van der Waals surface area contributed by atoms with Crippen LogP contribution in [0.25, 0.3) is 0 Å². The Bertz CT molecular complexity index is 8.00. The maximum Gasteiger partial charge on any atom is 0 e. The first-order chi connectivity index (χ1) is 0. The molecule has 4 heavy (non-hydrogen) atoms. The molecule has 0 unspecified atom stereocenters. The maximum atomic E-state index is 0. The molecule has 0 rings (SSSR count). The Labute approximate surface area is 77.7 Å². The van der Waals surface area contributed by atoms with Gasteiger partial charge in [0.15, 0.2) is 0 Å². The van der Waals surface area contributed by atoms with Gasteiger partial charge in [-0.1, -0.05) is 0 Å². The fraction of sp³-hybridized carbons (Fsp3) is 0. The molecule has 0 spiro atoms. The third-order valence-corrected chi connectivity index (χ3v) is 0. The van der Waals surface area contributed by atoms with E-state index in [0.29, 0.717) is 0 Å². The van der Waals surface area contributed by atoms with E-state index >= 15 is 0 Å². The molecule has 27 valence electrons. The van der Waals surface area contributed by atoms with Crippen LogP contribution in [0.15, 0.2) is 0 Å². The summed E-state index contributed by atoms with van der Waals surface area (Å²) in [6.45, 7) is 0. The summed E-state index contributed by atoms with van der Waals surface area (Å²) >= 11 is 0. The topological polar surface area (TPSA) is 0 Å². The van der Waals surface area contributed by atoms with Gasteiger partial charge in [-0.2, -0.15) is 0 Å². The minimum Gasteiger partial charge on any atom is 0 e. The van der Waals surface area contributed by atoms with E-state index in [-0.39, 0.29) is 78.8 Å². The van der Waals surface area contributed by atoms with Gasteiger partial charge in [0.25, 0.3) is 0 Å². The zero-order chi connectivity index (χ0) is 0. The minimum atomic E-state index is 0. The Hall–Kier alpha value is 2.49. The largest absolute Gasteiger partial charge is 0 e. The molecule has 4 heteroatoms. The third kappa shape index (κ3) is 8.82. The second kappa shape index (κ2) is 17.8. The first-order valence-corrected chi connectivity index (χ1v) is 0. The molecule has 0 aromatic heterocycles. The average molecular weight is 284 g/mol. The van der Waals surface area contributed by atoms with Crippen LogP contribution >= 0.6 is 0 Å². The molecule has 0 aliphatic carbocycles. The van der Waals surface area contributed by atoms with Gasteiger partial charge in [-0.25, -0.2) is 0 Å². The van der Waals surface area contributed by atoms with Crippen molar-refractivity contribution in [2.24, 2.45) is 0 Å². The molecule has 0 aromatic rings. The summed E-state index contributed by atoms with van der Waals surface area (Å²) in [5.41, 5.74) is 0. The molecule has 0 nitrogen and oxygen atoms in total. The molecule has 0 N–H and O–H groups in total. The summed E-state index contributed by atoms with van der Waals surface area (Å²) in [5, 5.41) is 0. The van der Waals surface area contributed by atoms with Crippen LogP contribution in [0.1, 0.15) is 0 Å². The summed E-state index contributed by atoms with van der Waals surface area (Å²) in [6, 6.07) is 0. The zero-order valence-corrected chi connectivity index (χ0v) is 9.13. The smallest absolute Gasteiger partial charge is 0 e. The molecule has 0 bridgehead atoms. The number of hydrogen-bond acceptors (Lipinski definition) is 0. The standard InChI is InChI=1S/Cd.Cr.Cu.Fe. The van der Waals surface area contributed by atoms with Gasteiger partial charge in [-0.3, -0.25) is 0 Å². The van der Waals surface area contributed by atoms with Crippen LogP contribution in [0.2, 0.25) is 0 Å². The quantitative estimate of drug-likeness (QED) is 0.549. The summed E-state index contributed by atoms with van der Waals surface area (Å²) in [6.07, 6.45) is 0. The Balaban J connectivity index is 0. The van der Waals surface area contributed by atoms with Crippen LogP contribution in [-0.4, -0.2) is 0 Å². The van der Waals surface area contributed by atoms with Gasteiger partial charge < -0.3 is 0 Å². The summed E-state index contributed by atoms with van der Waals surface area (Å²) < 4.78 is 0. The molecule has 0 saturated heterocycles. The van der Waals surface area contributed by atoms with Gasteiger partial charge >= 0.3 is 0 Å². The third-order valence-electron chi connectivity index (χ3n) is 0. The van der Waals surface area contributed by atoms with Gasteiger partial charge in [0.2, 0.25) is 0 Å². The van der Waals surface area contributed by atoms with Crippen molar-refractivity contribution in [3.05, 3.63) is 0 Å². The van der Waals surface area contributed by atoms with E-state index in [4.69, 9.17) is 0 Å². The first kappa shape index (κ1) is 31.5. The van der Waals surface area contributed by atoms with Crippen molar-refractivity contribution < 1.29 is 78.8 Å². The van der Waals surface area contributed by atoms with Crippen molar-refractivity contribution in [3.8, 4) is 0 Å². The Kier molecular flexibility index (Phi) is 141. The summed E-state index contributed by atoms with van der Waals surface area (Å²) in [7, 11) is 0. The van der Waals surface area contributed by atoms with E-state index in [1.807, 2.05) is 0 Å². The predicted octanol–water partition coefficient (Wildman–Crippen LogP) is -0.0100. The maximum absolute atomic E-state index is 0. The van der Waals surface area contributed by atoms with E-state index in [2.05, 4.69) is 0 Å². The van der Waals surface area contributed by atoms with E-state index in [1.165, 1.54) is 0 Å². The van der Waals surface area contributed by atoms with Crippen molar-refractivity contribution in [2.75, 3.05) is 0 Å². The van der Waals surface area contributed by atoms with E-state index in [1.54, 1.807) is 0 Å². The minimum absolute atomic E-state index is 0. The molecule has 0 aliphatic heterocycles. The van der Waals surface area contributed by atoms with Crippen LogP contribution in [0.5, 0.6) is 0 Å². The second-order valence-corrected chi connectivity index (χ2v) is 0. The monoisotopic (exact) mass is 285 g/mol. The predicted molar refractivity (Wildman–Crippen MR) is 0 cm³/mol. The van der Waals surface area contributed by atoms with Crippen LogP contribution in [0.4, 0.5) is 0 Å². The summed E-state index contributed by atoms with van der Waals surface area (Å²) in [4.78, 5) is 0. The van der Waals surface area contributed by atoms with Crippen molar-refractivity contribution >= 4 is 0 Å². The molecule has 1 radical (unpaired) electrons. The van der Waals surface area contributed by atoms with Gasteiger partial charge in [0.1, 0.15) is 0 Å². The molecular weight excluding hydrogens is 284 g/mol. The van der Waals surface area contributed by atoms with E-state index < -0.39 is 0 Å². The Morgan fingerprint density at radius 1 is 1.00 bits per heavy atom. The number of hydrogen-bond donors (Lipinski definition) is 0. The molecule has 0 fully saturated rings. The van der Waals surface area contributed by atoms with Gasteiger partial charge in [0, 0.05) is 78.8 Å². The Morgan fingerprint density at radius 3 is 1.00 bits per heavy atom. The van der Waals surface area contributed by atoms with E-state index in [0.717, 1.165) is 0 Å². The molecule has 0 atom stereocenters. The normalized spacial score (nSPS) is 0. The molecule has 0 aromatic carbocycles. The fourth-order valence-electron chi connectivity index (χ4n) is 0. The average Bonchev–Trinajstić information content (AvgIpc) is 0. The van der Waals surface area contributed by atoms with Gasteiger partial charge in [-0.15, -0.1) is 0 Å². The molecule has 0 heterocycles. The second-order valence-electron chi connectivity index (χ2n) is 0. The van der Waals surface area contributed by atoms with Crippen molar-refractivity contribution in [2.45, 2.75) is 0 Å². The van der Waals surface area contributed by atoms with Crippen LogP contribution < -0.4 is 0 Å². The summed E-state index contributed by atoms with van der Waals surface area (Å²) in [5.74, 6) is 0. The van der Waals surface area contributed by atoms with E-state index in [9.17, 15) is 0 Å². The first-order valence-electron chi connectivity index (χ1n) is 0. The van der Waals surface area contributed by atoms with Gasteiger partial charge in [-0.05, 0) is 0 Å². The molecule has 0 amide bonds. The van der Waals surface area contributed by atoms with Crippen molar-refractivity contribution in [1.29, 1.82) is 0 Å². The molecular formula is CdCrCuFe. The van der Waals surface area contributed by atoms with Crippen molar-refractivity contribution in [1.82, 2.24) is 0 Å².